The summed E-state index contributed by atoms with van der Waals surface area (Å²) in [6.07, 6.45) is 3.42. The van der Waals surface area contributed by atoms with Crippen LogP contribution in [0.1, 0.15) is 11.1 Å². The van der Waals surface area contributed by atoms with E-state index in [4.69, 9.17) is 10.4 Å². The second-order valence-corrected chi connectivity index (χ2v) is 3.60. The number of nitriles is 1. The molecule has 1 aliphatic carbocycles. The smallest absolute Gasteiger partial charge is 0.328 e. The zero-order valence-electron chi connectivity index (χ0n) is 7.97. The number of rotatable bonds is 1. The molecular weight excluding hydrogens is 190 g/mol. The highest BCUT2D eigenvalue weighted by molar-refractivity contribution is 5.84. The average Bonchev–Trinajstić information content (AvgIpc) is 2.28. The van der Waals surface area contributed by atoms with Crippen molar-refractivity contribution < 1.29 is 9.90 Å². The molecule has 0 saturated heterocycles. The zero-order valence-corrected chi connectivity index (χ0v) is 7.97. The van der Waals surface area contributed by atoms with Crippen molar-refractivity contribution >= 4 is 12.0 Å². The minimum absolute atomic E-state index is 0.242. The van der Waals surface area contributed by atoms with Gasteiger partial charge in [0.05, 0.1) is 6.07 Å². The van der Waals surface area contributed by atoms with Crippen molar-refractivity contribution in [2.24, 2.45) is 5.41 Å². The lowest BCUT2D eigenvalue weighted by Crippen LogP contribution is -2.31. The molecule has 0 spiro atoms. The van der Waals surface area contributed by atoms with Gasteiger partial charge in [-0.2, -0.15) is 5.26 Å². The van der Waals surface area contributed by atoms with Gasteiger partial charge in [0, 0.05) is 6.42 Å². The Kier molecular flexibility index (Phi) is 2.05. The van der Waals surface area contributed by atoms with E-state index in [1.54, 1.807) is 6.08 Å². The second kappa shape index (κ2) is 3.25. The Morgan fingerprint density at radius 1 is 1.47 bits per heavy atom. The number of carboxylic acid groups (broad SMARTS) is 1. The molecule has 1 aromatic rings. The molecule has 0 saturated carbocycles. The topological polar surface area (TPSA) is 61.1 Å². The quantitative estimate of drug-likeness (QED) is 0.750. The SMILES string of the molecule is N#CC1(C(=O)O)C=Cc2ccccc2C1. The van der Waals surface area contributed by atoms with Gasteiger partial charge >= 0.3 is 5.97 Å². The third kappa shape index (κ3) is 1.40. The lowest BCUT2D eigenvalue weighted by molar-refractivity contribution is -0.143. The van der Waals surface area contributed by atoms with E-state index in [0.717, 1.165) is 11.1 Å². The third-order valence-electron chi connectivity index (χ3n) is 2.65. The predicted molar refractivity (Wildman–Crippen MR) is 54.9 cm³/mol. The summed E-state index contributed by atoms with van der Waals surface area (Å²) >= 11 is 0. The molecule has 15 heavy (non-hydrogen) atoms. The van der Waals surface area contributed by atoms with E-state index < -0.39 is 11.4 Å². The Bertz CT molecular complexity index is 485. The maximum absolute atomic E-state index is 11.0. The molecule has 0 radical (unpaired) electrons. The molecule has 1 N–H and O–H groups in total. The number of fused-ring (bicyclic) bond motifs is 1. The third-order valence-corrected chi connectivity index (χ3v) is 2.65. The number of aliphatic carboxylic acids is 1. The lowest BCUT2D eigenvalue weighted by Gasteiger charge is -2.22. The van der Waals surface area contributed by atoms with Crippen LogP contribution in [0.25, 0.3) is 6.08 Å². The van der Waals surface area contributed by atoms with Gasteiger partial charge in [0.1, 0.15) is 0 Å². The summed E-state index contributed by atoms with van der Waals surface area (Å²) in [4.78, 5) is 11.0. The zero-order chi connectivity index (χ0) is 10.9. The maximum atomic E-state index is 11.0. The van der Waals surface area contributed by atoms with E-state index in [-0.39, 0.29) is 6.42 Å². The molecule has 74 valence electrons. The molecule has 0 heterocycles. The van der Waals surface area contributed by atoms with Crippen molar-refractivity contribution in [1.29, 1.82) is 5.26 Å². The average molecular weight is 199 g/mol. The molecule has 0 aromatic heterocycles. The Labute approximate surface area is 87.3 Å². The van der Waals surface area contributed by atoms with Crippen LogP contribution in [0.2, 0.25) is 0 Å². The number of hydrogen-bond donors (Lipinski definition) is 1. The second-order valence-electron chi connectivity index (χ2n) is 3.60. The first-order valence-electron chi connectivity index (χ1n) is 4.60. The van der Waals surface area contributed by atoms with Gasteiger partial charge < -0.3 is 5.11 Å². The standard InChI is InChI=1S/C12H9NO2/c13-8-12(11(14)15)6-5-9-3-1-2-4-10(9)7-12/h1-6H,7H2,(H,14,15). The molecule has 1 aliphatic rings. The fraction of sp³-hybridized carbons (Fsp3) is 0.167. The van der Waals surface area contributed by atoms with Gasteiger partial charge in [-0.15, -0.1) is 0 Å². The van der Waals surface area contributed by atoms with Crippen molar-refractivity contribution in [3.05, 3.63) is 41.5 Å². The first kappa shape index (κ1) is 9.47. The van der Waals surface area contributed by atoms with E-state index in [2.05, 4.69) is 0 Å². The highest BCUT2D eigenvalue weighted by atomic mass is 16.4. The number of nitrogens with zero attached hydrogens (tertiary/aromatic N) is 1. The molecule has 0 aliphatic heterocycles. The number of carboxylic acids is 1. The number of benzene rings is 1. The highest BCUT2D eigenvalue weighted by Gasteiger charge is 2.38. The van der Waals surface area contributed by atoms with Crippen LogP contribution in [0.5, 0.6) is 0 Å². The predicted octanol–water partition coefficient (Wildman–Crippen LogP) is 1.85. The normalized spacial score (nSPS) is 22.9. The Morgan fingerprint density at radius 2 is 2.20 bits per heavy atom. The van der Waals surface area contributed by atoms with Crippen LogP contribution >= 0.6 is 0 Å². The maximum Gasteiger partial charge on any atom is 0.328 e. The van der Waals surface area contributed by atoms with E-state index in [0.29, 0.717) is 0 Å². The van der Waals surface area contributed by atoms with E-state index >= 15 is 0 Å². The lowest BCUT2D eigenvalue weighted by atomic mass is 9.77. The summed E-state index contributed by atoms with van der Waals surface area (Å²) in [5.41, 5.74) is 0.502. The van der Waals surface area contributed by atoms with Gasteiger partial charge in [-0.05, 0) is 11.1 Å². The summed E-state index contributed by atoms with van der Waals surface area (Å²) < 4.78 is 0. The highest BCUT2D eigenvalue weighted by Crippen LogP contribution is 2.32. The molecular formula is C12H9NO2. The summed E-state index contributed by atoms with van der Waals surface area (Å²) in [5, 5.41) is 18.0. The van der Waals surface area contributed by atoms with Crippen molar-refractivity contribution in [2.75, 3.05) is 0 Å². The van der Waals surface area contributed by atoms with E-state index in [9.17, 15) is 4.79 Å². The first-order valence-corrected chi connectivity index (χ1v) is 4.60. The van der Waals surface area contributed by atoms with Crippen molar-refractivity contribution in [3.63, 3.8) is 0 Å². The summed E-state index contributed by atoms with van der Waals surface area (Å²) in [6, 6.07) is 9.38. The molecule has 3 heteroatoms. The molecule has 1 aromatic carbocycles. The molecule has 0 amide bonds. The van der Waals surface area contributed by atoms with Crippen molar-refractivity contribution in [3.8, 4) is 6.07 Å². The molecule has 0 fully saturated rings. The van der Waals surface area contributed by atoms with Crippen LogP contribution in [0.15, 0.2) is 30.3 Å². The van der Waals surface area contributed by atoms with Gasteiger partial charge in [0.15, 0.2) is 5.41 Å². The van der Waals surface area contributed by atoms with Gasteiger partial charge in [0.2, 0.25) is 0 Å². The van der Waals surface area contributed by atoms with Gasteiger partial charge in [-0.3, -0.25) is 4.79 Å². The monoisotopic (exact) mass is 199 g/mol. The van der Waals surface area contributed by atoms with Crippen molar-refractivity contribution in [1.82, 2.24) is 0 Å². The Morgan fingerprint density at radius 3 is 2.87 bits per heavy atom. The van der Waals surface area contributed by atoms with Gasteiger partial charge in [0.25, 0.3) is 0 Å². The fourth-order valence-corrected chi connectivity index (χ4v) is 1.72. The minimum atomic E-state index is -1.39. The van der Waals surface area contributed by atoms with Gasteiger partial charge in [-0.25, -0.2) is 0 Å². The molecule has 2 rings (SSSR count). The van der Waals surface area contributed by atoms with Gasteiger partial charge in [-0.1, -0.05) is 36.4 Å². The van der Waals surface area contributed by atoms with Crippen LogP contribution < -0.4 is 0 Å². The van der Waals surface area contributed by atoms with Crippen molar-refractivity contribution in [2.45, 2.75) is 6.42 Å². The Hall–Kier alpha value is -2.08. The van der Waals surface area contributed by atoms with Crippen LogP contribution in [-0.2, 0) is 11.2 Å². The van der Waals surface area contributed by atoms with Crippen LogP contribution in [-0.4, -0.2) is 11.1 Å². The largest absolute Gasteiger partial charge is 0.480 e. The summed E-state index contributed by atoms with van der Waals surface area (Å²) in [7, 11) is 0. The Balaban J connectivity index is 2.50. The number of hydrogen-bond acceptors (Lipinski definition) is 2. The molecule has 3 nitrogen and oxygen atoms in total. The first-order chi connectivity index (χ1) is 7.18. The fourth-order valence-electron chi connectivity index (χ4n) is 1.72. The summed E-state index contributed by atoms with van der Waals surface area (Å²) in [6.45, 7) is 0. The van der Waals surface area contributed by atoms with Crippen LogP contribution in [0, 0.1) is 16.7 Å². The molecule has 1 unspecified atom stereocenters. The van der Waals surface area contributed by atoms with E-state index in [1.165, 1.54) is 6.08 Å². The van der Waals surface area contributed by atoms with Crippen LogP contribution in [0.3, 0.4) is 0 Å². The van der Waals surface area contributed by atoms with Crippen LogP contribution in [0.4, 0.5) is 0 Å². The molecule has 0 bridgehead atoms. The summed E-state index contributed by atoms with van der Waals surface area (Å²) in [5.74, 6) is -1.09. The minimum Gasteiger partial charge on any atom is -0.480 e. The van der Waals surface area contributed by atoms with E-state index in [1.807, 2.05) is 30.3 Å². The molecule has 1 atom stereocenters. The number of carbonyl (C=O) groups is 1.